The molecule has 2 aromatic rings. The Bertz CT molecular complexity index is 608. The molecule has 92 valence electrons. The summed E-state index contributed by atoms with van der Waals surface area (Å²) in [5, 5.41) is 13.2. The molecule has 0 unspecified atom stereocenters. The topological polar surface area (TPSA) is 26.1 Å². The Morgan fingerprint density at radius 1 is 1.00 bits per heavy atom. The lowest BCUT2D eigenvalue weighted by Gasteiger charge is -2.07. The molecule has 4 heteroatoms. The van der Waals surface area contributed by atoms with E-state index in [9.17, 15) is 5.21 Å². The first-order chi connectivity index (χ1) is 8.59. The third-order valence-corrected chi connectivity index (χ3v) is 3.39. The normalized spacial score (nSPS) is 11.6. The average molecular weight is 280 g/mol. The number of rotatable bonds is 2. The first-order valence-electron chi connectivity index (χ1n) is 5.40. The molecule has 18 heavy (non-hydrogen) atoms. The molecule has 0 atom stereocenters. The van der Waals surface area contributed by atoms with Crippen LogP contribution in [0.2, 0.25) is 10.0 Å². The molecule has 0 bridgehead atoms. The van der Waals surface area contributed by atoms with Crippen molar-refractivity contribution in [3.63, 3.8) is 0 Å². The quantitative estimate of drug-likeness (QED) is 0.342. The van der Waals surface area contributed by atoms with E-state index >= 15 is 0 Å². The van der Waals surface area contributed by atoms with Crippen molar-refractivity contribution in [2.45, 2.75) is 6.92 Å². The molecule has 0 saturated carbocycles. The Morgan fingerprint density at radius 2 is 1.67 bits per heavy atom. The van der Waals surface area contributed by atoms with E-state index in [0.29, 0.717) is 21.3 Å². The Balaban J connectivity index is 2.46. The zero-order valence-electron chi connectivity index (χ0n) is 9.73. The summed E-state index contributed by atoms with van der Waals surface area (Å²) < 4.78 is 0.780. The lowest BCUT2D eigenvalue weighted by atomic mass is 10.2. The van der Waals surface area contributed by atoms with Crippen molar-refractivity contribution < 1.29 is 4.74 Å². The van der Waals surface area contributed by atoms with Gasteiger partial charge in [0.05, 0.1) is 15.6 Å². The van der Waals surface area contributed by atoms with Gasteiger partial charge < -0.3 is 5.21 Å². The van der Waals surface area contributed by atoms with Gasteiger partial charge in [0.2, 0.25) is 5.69 Å². The van der Waals surface area contributed by atoms with Crippen molar-refractivity contribution in [3.05, 3.63) is 68.8 Å². The Hall–Kier alpha value is -1.51. The second-order valence-corrected chi connectivity index (χ2v) is 4.67. The fourth-order valence-electron chi connectivity index (χ4n) is 1.61. The van der Waals surface area contributed by atoms with Crippen LogP contribution in [0, 0.1) is 12.1 Å². The third-order valence-electron chi connectivity index (χ3n) is 2.64. The van der Waals surface area contributed by atoms with Crippen molar-refractivity contribution in [1.29, 1.82) is 0 Å². The van der Waals surface area contributed by atoms with Crippen molar-refractivity contribution in [2.24, 2.45) is 0 Å². The average Bonchev–Trinajstić information content (AvgIpc) is 2.35. The van der Waals surface area contributed by atoms with Gasteiger partial charge in [-0.25, -0.2) is 0 Å². The van der Waals surface area contributed by atoms with Crippen LogP contribution in [0.4, 0.5) is 5.69 Å². The molecule has 0 fully saturated rings. The highest BCUT2D eigenvalue weighted by atomic mass is 35.5. The SMILES string of the molecule is Cc1c(Cl)cccc1[N+]([O-])=Cc1ccccc1Cl. The van der Waals surface area contributed by atoms with Crippen LogP contribution in [0.1, 0.15) is 11.1 Å². The molecule has 2 rings (SSSR count). The van der Waals surface area contributed by atoms with E-state index in [1.54, 1.807) is 30.3 Å². The summed E-state index contributed by atoms with van der Waals surface area (Å²) in [7, 11) is 0. The van der Waals surface area contributed by atoms with E-state index in [1.165, 1.54) is 6.21 Å². The predicted molar refractivity (Wildman–Crippen MR) is 76.1 cm³/mol. The molecule has 0 N–H and O–H groups in total. The minimum absolute atomic E-state index is 0.516. The zero-order valence-corrected chi connectivity index (χ0v) is 11.2. The standard InChI is InChI=1S/C14H11Cl2NO/c1-10-12(15)7-4-8-14(10)17(18)9-11-5-2-3-6-13(11)16/h2-9H,1H3. The number of benzene rings is 2. The molecule has 0 aliphatic rings. The molecule has 0 aromatic heterocycles. The third kappa shape index (κ3) is 2.66. The molecule has 2 nitrogen and oxygen atoms in total. The van der Waals surface area contributed by atoms with Crippen LogP contribution in [0.3, 0.4) is 0 Å². The summed E-state index contributed by atoms with van der Waals surface area (Å²) in [6, 6.07) is 12.4. The van der Waals surface area contributed by atoms with Crippen LogP contribution in [-0.4, -0.2) is 11.0 Å². The molecule has 0 amide bonds. The van der Waals surface area contributed by atoms with Gasteiger partial charge in [-0.05, 0) is 25.1 Å². The van der Waals surface area contributed by atoms with Gasteiger partial charge >= 0.3 is 0 Å². The lowest BCUT2D eigenvalue weighted by molar-refractivity contribution is -0.355. The van der Waals surface area contributed by atoms with Gasteiger partial charge in [-0.15, -0.1) is 0 Å². The number of hydrogen-bond donors (Lipinski definition) is 0. The minimum atomic E-state index is 0.516. The molecular weight excluding hydrogens is 269 g/mol. The number of halogens is 2. The van der Waals surface area contributed by atoms with E-state index in [-0.39, 0.29) is 0 Å². The summed E-state index contributed by atoms with van der Waals surface area (Å²) in [5.41, 5.74) is 1.94. The van der Waals surface area contributed by atoms with Crippen molar-refractivity contribution in [3.8, 4) is 0 Å². The van der Waals surface area contributed by atoms with Gasteiger partial charge in [0, 0.05) is 11.6 Å². The van der Waals surface area contributed by atoms with Gasteiger partial charge in [0.25, 0.3) is 0 Å². The van der Waals surface area contributed by atoms with E-state index in [2.05, 4.69) is 0 Å². The first-order valence-corrected chi connectivity index (χ1v) is 6.16. The highest BCUT2D eigenvalue weighted by Crippen LogP contribution is 2.25. The second-order valence-electron chi connectivity index (χ2n) is 3.86. The monoisotopic (exact) mass is 279 g/mol. The Morgan fingerprint density at radius 3 is 2.39 bits per heavy atom. The fraction of sp³-hybridized carbons (Fsp3) is 0.0714. The Labute approximate surface area is 116 Å². The highest BCUT2D eigenvalue weighted by Gasteiger charge is 2.10. The van der Waals surface area contributed by atoms with Crippen LogP contribution in [-0.2, 0) is 0 Å². The maximum absolute atomic E-state index is 12.1. The first kappa shape index (κ1) is 12.9. The predicted octanol–water partition coefficient (Wildman–Crippen LogP) is 4.56. The molecule has 2 aromatic carbocycles. The van der Waals surface area contributed by atoms with E-state index < -0.39 is 0 Å². The van der Waals surface area contributed by atoms with Gasteiger partial charge in [-0.2, -0.15) is 4.74 Å². The molecule has 0 aliphatic carbocycles. The van der Waals surface area contributed by atoms with Crippen LogP contribution < -0.4 is 0 Å². The largest absolute Gasteiger partial charge is 0.618 e. The van der Waals surface area contributed by atoms with Gasteiger partial charge in [-0.1, -0.05) is 41.4 Å². The fourth-order valence-corrected chi connectivity index (χ4v) is 1.96. The van der Waals surface area contributed by atoms with Crippen LogP contribution in [0.25, 0.3) is 0 Å². The van der Waals surface area contributed by atoms with Crippen molar-refractivity contribution in [1.82, 2.24) is 0 Å². The van der Waals surface area contributed by atoms with E-state index in [0.717, 1.165) is 10.3 Å². The van der Waals surface area contributed by atoms with Crippen LogP contribution in [0.15, 0.2) is 42.5 Å². The minimum Gasteiger partial charge on any atom is -0.618 e. The molecule has 0 radical (unpaired) electrons. The van der Waals surface area contributed by atoms with Gasteiger partial charge in [-0.3, -0.25) is 0 Å². The maximum Gasteiger partial charge on any atom is 0.220 e. The molecule has 0 spiro atoms. The highest BCUT2D eigenvalue weighted by molar-refractivity contribution is 6.33. The summed E-state index contributed by atoms with van der Waals surface area (Å²) in [6.07, 6.45) is 1.45. The molecular formula is C14H11Cl2NO. The number of hydrogen-bond acceptors (Lipinski definition) is 1. The summed E-state index contributed by atoms with van der Waals surface area (Å²) in [6.45, 7) is 1.81. The van der Waals surface area contributed by atoms with Gasteiger partial charge in [0.1, 0.15) is 0 Å². The maximum atomic E-state index is 12.1. The number of nitrogens with zero attached hydrogens (tertiary/aromatic N) is 1. The summed E-state index contributed by atoms with van der Waals surface area (Å²) in [5.74, 6) is 0. The molecule has 0 aliphatic heterocycles. The van der Waals surface area contributed by atoms with Crippen LogP contribution in [0.5, 0.6) is 0 Å². The molecule has 0 heterocycles. The summed E-state index contributed by atoms with van der Waals surface area (Å²) >= 11 is 12.0. The second kappa shape index (κ2) is 5.42. The van der Waals surface area contributed by atoms with Crippen molar-refractivity contribution in [2.75, 3.05) is 0 Å². The smallest absolute Gasteiger partial charge is 0.220 e. The lowest BCUT2D eigenvalue weighted by Crippen LogP contribution is -2.01. The Kier molecular flexibility index (Phi) is 3.90. The zero-order chi connectivity index (χ0) is 13.1. The van der Waals surface area contributed by atoms with Crippen molar-refractivity contribution >= 4 is 35.1 Å². The van der Waals surface area contributed by atoms with E-state index in [4.69, 9.17) is 23.2 Å². The molecule has 0 saturated heterocycles. The van der Waals surface area contributed by atoms with Gasteiger partial charge in [0.15, 0.2) is 6.21 Å². The van der Waals surface area contributed by atoms with Crippen LogP contribution >= 0.6 is 23.2 Å². The van der Waals surface area contributed by atoms with E-state index in [1.807, 2.05) is 19.1 Å². The summed E-state index contributed by atoms with van der Waals surface area (Å²) in [4.78, 5) is 0.